The van der Waals surface area contributed by atoms with Gasteiger partial charge < -0.3 is 14.6 Å². The highest BCUT2D eigenvalue weighted by Crippen LogP contribution is 2.18. The van der Waals surface area contributed by atoms with Crippen molar-refractivity contribution in [2.24, 2.45) is 10.9 Å². The summed E-state index contributed by atoms with van der Waals surface area (Å²) in [5, 5.41) is 3.25. The second kappa shape index (κ2) is 8.91. The highest BCUT2D eigenvalue weighted by atomic mass is 127. The molecule has 1 aromatic heterocycles. The van der Waals surface area contributed by atoms with E-state index in [1.165, 1.54) is 0 Å². The van der Waals surface area contributed by atoms with Gasteiger partial charge in [-0.05, 0) is 32.3 Å². The van der Waals surface area contributed by atoms with Gasteiger partial charge in [-0.15, -0.1) is 24.0 Å². The van der Waals surface area contributed by atoms with E-state index in [-0.39, 0.29) is 35.6 Å². The van der Waals surface area contributed by atoms with Crippen molar-refractivity contribution in [2.75, 3.05) is 31.6 Å². The summed E-state index contributed by atoms with van der Waals surface area (Å²) in [5.74, 6) is 2.41. The standard InChI is InChI=1S/C15H25N3O3S.HI/c1-4-16-15(17-9-13-6-8-22(19,20)11-13)18(3)10-14-5-7-21-12(14)2;/h5,7,13H,4,6,8-11H2,1-3H3,(H,16,17);1H. The van der Waals surface area contributed by atoms with Crippen LogP contribution in [0.2, 0.25) is 0 Å². The number of aliphatic imine (C=N–C) groups is 1. The fourth-order valence-electron chi connectivity index (χ4n) is 2.61. The van der Waals surface area contributed by atoms with Gasteiger partial charge in [-0.3, -0.25) is 4.99 Å². The average molecular weight is 455 g/mol. The molecule has 1 atom stereocenters. The summed E-state index contributed by atoms with van der Waals surface area (Å²) in [7, 11) is -0.867. The van der Waals surface area contributed by atoms with Crippen molar-refractivity contribution in [3.63, 3.8) is 0 Å². The SMILES string of the molecule is CCNC(=NCC1CCS(=O)(=O)C1)N(C)Cc1ccoc1C.I. The Balaban J connectivity index is 0.00000264. The third-order valence-corrected chi connectivity index (χ3v) is 5.73. The molecule has 0 saturated carbocycles. The molecule has 0 spiro atoms. The van der Waals surface area contributed by atoms with Crippen molar-refractivity contribution in [3.05, 3.63) is 23.7 Å². The van der Waals surface area contributed by atoms with Crippen LogP contribution < -0.4 is 5.32 Å². The number of sulfone groups is 1. The predicted molar refractivity (Wildman–Crippen MR) is 103 cm³/mol. The minimum atomic E-state index is -2.84. The van der Waals surface area contributed by atoms with Crippen LogP contribution in [-0.4, -0.2) is 50.9 Å². The van der Waals surface area contributed by atoms with Gasteiger partial charge in [0.15, 0.2) is 15.8 Å². The van der Waals surface area contributed by atoms with Crippen LogP contribution in [0.4, 0.5) is 0 Å². The van der Waals surface area contributed by atoms with E-state index >= 15 is 0 Å². The van der Waals surface area contributed by atoms with Crippen LogP contribution in [0.5, 0.6) is 0 Å². The zero-order chi connectivity index (χ0) is 16.2. The second-order valence-electron chi connectivity index (χ2n) is 5.82. The smallest absolute Gasteiger partial charge is 0.193 e. The summed E-state index contributed by atoms with van der Waals surface area (Å²) in [4.78, 5) is 6.64. The van der Waals surface area contributed by atoms with Gasteiger partial charge in [0.25, 0.3) is 0 Å². The van der Waals surface area contributed by atoms with Crippen LogP contribution in [0.15, 0.2) is 21.7 Å². The molecule has 0 bridgehead atoms. The van der Waals surface area contributed by atoms with E-state index < -0.39 is 9.84 Å². The van der Waals surface area contributed by atoms with E-state index in [0.717, 1.165) is 30.2 Å². The Bertz CT molecular complexity index is 628. The van der Waals surface area contributed by atoms with Gasteiger partial charge in [0, 0.05) is 32.2 Å². The Morgan fingerprint density at radius 1 is 1.52 bits per heavy atom. The number of nitrogens with zero attached hydrogens (tertiary/aromatic N) is 2. The van der Waals surface area contributed by atoms with E-state index in [0.29, 0.717) is 18.8 Å². The number of halogens is 1. The third-order valence-electron chi connectivity index (χ3n) is 3.90. The summed E-state index contributed by atoms with van der Waals surface area (Å²) in [5.41, 5.74) is 1.12. The van der Waals surface area contributed by atoms with Gasteiger partial charge >= 0.3 is 0 Å². The number of nitrogens with one attached hydrogen (secondary N) is 1. The third kappa shape index (κ3) is 5.98. The van der Waals surface area contributed by atoms with Gasteiger partial charge in [0.1, 0.15) is 5.76 Å². The number of hydrogen-bond acceptors (Lipinski definition) is 4. The molecular formula is C15H26IN3O3S. The summed E-state index contributed by atoms with van der Waals surface area (Å²) < 4.78 is 28.3. The molecule has 2 heterocycles. The molecule has 132 valence electrons. The number of furan rings is 1. The quantitative estimate of drug-likeness (QED) is 0.418. The summed E-state index contributed by atoms with van der Waals surface area (Å²) in [6, 6.07) is 1.96. The van der Waals surface area contributed by atoms with Gasteiger partial charge in [-0.2, -0.15) is 0 Å². The molecule has 0 aliphatic carbocycles. The molecule has 1 saturated heterocycles. The molecule has 23 heavy (non-hydrogen) atoms. The highest BCUT2D eigenvalue weighted by Gasteiger charge is 2.27. The first-order valence-electron chi connectivity index (χ1n) is 7.64. The largest absolute Gasteiger partial charge is 0.469 e. The lowest BCUT2D eigenvalue weighted by Gasteiger charge is -2.22. The van der Waals surface area contributed by atoms with Crippen molar-refractivity contribution in [2.45, 2.75) is 26.8 Å². The molecule has 0 radical (unpaired) electrons. The lowest BCUT2D eigenvalue weighted by Crippen LogP contribution is -2.39. The minimum Gasteiger partial charge on any atom is -0.469 e. The molecule has 8 heteroatoms. The number of aryl methyl sites for hydroxylation is 1. The first kappa shape index (κ1) is 20.3. The number of guanidine groups is 1. The van der Waals surface area contributed by atoms with Crippen LogP contribution in [0.1, 0.15) is 24.7 Å². The van der Waals surface area contributed by atoms with Crippen molar-refractivity contribution in [3.8, 4) is 0 Å². The summed E-state index contributed by atoms with van der Waals surface area (Å²) >= 11 is 0. The molecule has 1 unspecified atom stereocenters. The molecule has 1 aromatic rings. The van der Waals surface area contributed by atoms with Gasteiger partial charge in [0.2, 0.25) is 0 Å². The maximum absolute atomic E-state index is 11.5. The van der Waals surface area contributed by atoms with E-state index in [1.807, 2.05) is 31.9 Å². The van der Waals surface area contributed by atoms with Crippen molar-refractivity contribution in [1.82, 2.24) is 10.2 Å². The average Bonchev–Trinajstić information content (AvgIpc) is 3.00. The Kier molecular flexibility index (Phi) is 7.85. The predicted octanol–water partition coefficient (Wildman–Crippen LogP) is 2.04. The topological polar surface area (TPSA) is 74.9 Å². The highest BCUT2D eigenvalue weighted by molar-refractivity contribution is 14.0. The lowest BCUT2D eigenvalue weighted by atomic mass is 10.1. The molecule has 1 fully saturated rings. The Hall–Kier alpha value is -0.770. The monoisotopic (exact) mass is 455 g/mol. The normalized spacial score (nSPS) is 20.1. The van der Waals surface area contributed by atoms with Gasteiger partial charge in [0.05, 0.1) is 17.8 Å². The Morgan fingerprint density at radius 3 is 2.78 bits per heavy atom. The fraction of sp³-hybridized carbons (Fsp3) is 0.667. The van der Waals surface area contributed by atoms with E-state index in [9.17, 15) is 8.42 Å². The number of hydrogen-bond donors (Lipinski definition) is 1. The molecule has 2 rings (SSSR count). The van der Waals surface area contributed by atoms with E-state index in [2.05, 4.69) is 10.3 Å². The van der Waals surface area contributed by atoms with Crippen LogP contribution in [-0.2, 0) is 16.4 Å². The Labute approximate surface area is 155 Å². The van der Waals surface area contributed by atoms with E-state index in [4.69, 9.17) is 4.42 Å². The zero-order valence-electron chi connectivity index (χ0n) is 13.9. The second-order valence-corrected chi connectivity index (χ2v) is 8.05. The molecular weight excluding hydrogens is 429 g/mol. The summed E-state index contributed by atoms with van der Waals surface area (Å²) in [6.07, 6.45) is 2.40. The zero-order valence-corrected chi connectivity index (χ0v) is 17.1. The van der Waals surface area contributed by atoms with Crippen molar-refractivity contribution < 1.29 is 12.8 Å². The van der Waals surface area contributed by atoms with E-state index in [1.54, 1.807) is 6.26 Å². The van der Waals surface area contributed by atoms with Crippen molar-refractivity contribution >= 4 is 39.8 Å². The van der Waals surface area contributed by atoms with Crippen LogP contribution >= 0.6 is 24.0 Å². The van der Waals surface area contributed by atoms with Gasteiger partial charge in [-0.1, -0.05) is 0 Å². The lowest BCUT2D eigenvalue weighted by molar-refractivity contribution is 0.460. The maximum atomic E-state index is 11.5. The molecule has 6 nitrogen and oxygen atoms in total. The molecule has 0 amide bonds. The molecule has 1 aliphatic rings. The maximum Gasteiger partial charge on any atom is 0.193 e. The fourth-order valence-corrected chi connectivity index (χ4v) is 4.46. The molecule has 1 aliphatic heterocycles. The Morgan fingerprint density at radius 2 is 2.26 bits per heavy atom. The molecule has 1 N–H and O–H groups in total. The molecule has 0 aromatic carbocycles. The first-order valence-corrected chi connectivity index (χ1v) is 9.46. The minimum absolute atomic E-state index is 0. The number of rotatable bonds is 5. The van der Waals surface area contributed by atoms with Crippen LogP contribution in [0.3, 0.4) is 0 Å². The van der Waals surface area contributed by atoms with Gasteiger partial charge in [-0.25, -0.2) is 8.42 Å². The van der Waals surface area contributed by atoms with Crippen LogP contribution in [0, 0.1) is 12.8 Å². The van der Waals surface area contributed by atoms with Crippen LogP contribution in [0.25, 0.3) is 0 Å². The first-order chi connectivity index (χ1) is 10.4. The summed E-state index contributed by atoms with van der Waals surface area (Å²) in [6.45, 7) is 5.99. The van der Waals surface area contributed by atoms with Crippen molar-refractivity contribution in [1.29, 1.82) is 0 Å².